The maximum atomic E-state index is 3.53. The molecule has 0 nitrogen and oxygen atoms in total. The van der Waals surface area contributed by atoms with E-state index in [1.54, 1.807) is 6.26 Å². The van der Waals surface area contributed by atoms with Gasteiger partial charge in [-0.1, -0.05) is 177 Å². The maximum Gasteiger partial charge on any atom is 0.0149 e. The molecular formula is C41H52S. The van der Waals surface area contributed by atoms with E-state index in [0.29, 0.717) is 0 Å². The number of hydrogen-bond acceptors (Lipinski definition) is 1. The summed E-state index contributed by atoms with van der Waals surface area (Å²) in [6.07, 6.45) is 1.69. The fourth-order valence-corrected chi connectivity index (χ4v) is 4.43. The quantitative estimate of drug-likeness (QED) is 0.203. The highest BCUT2D eigenvalue weighted by atomic mass is 32.1. The highest BCUT2D eigenvalue weighted by Gasteiger charge is 2.24. The van der Waals surface area contributed by atoms with Gasteiger partial charge in [-0.2, -0.15) is 12.6 Å². The van der Waals surface area contributed by atoms with E-state index >= 15 is 0 Å². The minimum atomic E-state index is 0.0668. The molecule has 0 N–H and O–H groups in total. The second-order valence-corrected chi connectivity index (χ2v) is 10.7. The van der Waals surface area contributed by atoms with Crippen LogP contribution >= 0.6 is 12.6 Å². The van der Waals surface area contributed by atoms with E-state index in [1.807, 2.05) is 19.9 Å². The third-order valence-electron chi connectivity index (χ3n) is 6.94. The van der Waals surface area contributed by atoms with Gasteiger partial charge < -0.3 is 0 Å². The lowest BCUT2D eigenvalue weighted by molar-refractivity contribution is 0.635. The zero-order chi connectivity index (χ0) is 31.5. The molecule has 0 spiro atoms. The molecule has 0 radical (unpaired) electrons. The Bertz CT molecular complexity index is 1360. The standard InChI is InChI=1S/C17H20.C13H12.C8H10.C2H6.CH4S/c1-13-10-11-14(2)16(12-13)17(3,4)15-8-6-5-7-9-15;1-11-7-9-13(10-8-11)12-5-3-2-4-6-12;1-7-3-5-8(2)6-4-7;2*1-2/h5-12H,1-4H3;2-10H,1H3;3-6H,1-2H3;1-2H3;2H,1H3. The fourth-order valence-electron chi connectivity index (χ4n) is 4.43. The Kier molecular flexibility index (Phi) is 17.0. The van der Waals surface area contributed by atoms with E-state index in [4.69, 9.17) is 0 Å². The summed E-state index contributed by atoms with van der Waals surface area (Å²) in [5.41, 5.74) is 12.1. The molecule has 0 aliphatic rings. The topological polar surface area (TPSA) is 0 Å². The molecule has 0 atom stereocenters. The van der Waals surface area contributed by atoms with E-state index in [0.717, 1.165) is 0 Å². The summed E-state index contributed by atoms with van der Waals surface area (Å²) in [5, 5.41) is 0. The number of rotatable bonds is 3. The molecule has 0 aromatic heterocycles. The van der Waals surface area contributed by atoms with E-state index < -0.39 is 0 Å². The Morgan fingerprint density at radius 1 is 0.429 bits per heavy atom. The maximum absolute atomic E-state index is 3.53. The minimum Gasteiger partial charge on any atom is -0.183 e. The van der Waals surface area contributed by atoms with Crippen molar-refractivity contribution in [1.29, 1.82) is 0 Å². The minimum absolute atomic E-state index is 0.0668. The van der Waals surface area contributed by atoms with Gasteiger partial charge in [0.2, 0.25) is 0 Å². The SMILES string of the molecule is CC.CS.Cc1ccc(-c2ccccc2)cc1.Cc1ccc(C)c(C(C)(C)c2ccccc2)c1.Cc1ccc(C)cc1. The molecule has 0 aliphatic heterocycles. The first kappa shape index (κ1) is 36.5. The predicted molar refractivity (Wildman–Crippen MR) is 193 cm³/mol. The van der Waals surface area contributed by atoms with Gasteiger partial charge in [0, 0.05) is 5.41 Å². The zero-order valence-electron chi connectivity index (χ0n) is 27.6. The third kappa shape index (κ3) is 12.1. The van der Waals surface area contributed by atoms with Crippen molar-refractivity contribution >= 4 is 12.6 Å². The molecule has 1 heteroatoms. The van der Waals surface area contributed by atoms with Crippen LogP contribution in [0.15, 0.2) is 127 Å². The summed E-state index contributed by atoms with van der Waals surface area (Å²) in [7, 11) is 0. The lowest BCUT2D eigenvalue weighted by Crippen LogP contribution is -2.20. The van der Waals surface area contributed by atoms with Gasteiger partial charge in [0.15, 0.2) is 0 Å². The van der Waals surface area contributed by atoms with Crippen LogP contribution in [-0.4, -0.2) is 6.26 Å². The van der Waals surface area contributed by atoms with Gasteiger partial charge in [-0.05, 0) is 68.7 Å². The first-order chi connectivity index (χ1) is 20.2. The average molecular weight is 577 g/mol. The van der Waals surface area contributed by atoms with Crippen molar-refractivity contribution in [3.8, 4) is 11.1 Å². The smallest absolute Gasteiger partial charge is 0.0149 e. The molecule has 42 heavy (non-hydrogen) atoms. The number of hydrogen-bond donors (Lipinski definition) is 1. The lowest BCUT2D eigenvalue weighted by Gasteiger charge is -2.28. The molecular weight excluding hydrogens is 525 g/mol. The summed E-state index contributed by atoms with van der Waals surface area (Å²) in [6.45, 7) is 19.2. The van der Waals surface area contributed by atoms with Gasteiger partial charge >= 0.3 is 0 Å². The van der Waals surface area contributed by atoms with Crippen LogP contribution in [0.2, 0.25) is 0 Å². The number of thiol groups is 1. The van der Waals surface area contributed by atoms with Crippen molar-refractivity contribution in [3.63, 3.8) is 0 Å². The van der Waals surface area contributed by atoms with Crippen molar-refractivity contribution in [1.82, 2.24) is 0 Å². The van der Waals surface area contributed by atoms with Gasteiger partial charge in [0.25, 0.3) is 0 Å². The molecule has 0 fully saturated rings. The van der Waals surface area contributed by atoms with Crippen LogP contribution in [0.3, 0.4) is 0 Å². The second kappa shape index (κ2) is 19.5. The highest BCUT2D eigenvalue weighted by Crippen LogP contribution is 2.33. The molecule has 0 heterocycles. The van der Waals surface area contributed by atoms with Crippen molar-refractivity contribution in [3.05, 3.63) is 166 Å². The largest absolute Gasteiger partial charge is 0.183 e. The summed E-state index contributed by atoms with van der Waals surface area (Å²) in [6, 6.07) is 44.9. The summed E-state index contributed by atoms with van der Waals surface area (Å²) in [4.78, 5) is 0. The van der Waals surface area contributed by atoms with E-state index in [9.17, 15) is 0 Å². The van der Waals surface area contributed by atoms with Crippen LogP contribution in [0.1, 0.15) is 66.6 Å². The van der Waals surface area contributed by atoms with Crippen LogP contribution in [-0.2, 0) is 5.41 Å². The van der Waals surface area contributed by atoms with Crippen molar-refractivity contribution in [2.75, 3.05) is 6.26 Å². The van der Waals surface area contributed by atoms with Gasteiger partial charge in [-0.25, -0.2) is 0 Å². The molecule has 0 bridgehead atoms. The van der Waals surface area contributed by atoms with Gasteiger partial charge in [0.05, 0.1) is 0 Å². The second-order valence-electron chi connectivity index (χ2n) is 10.7. The van der Waals surface area contributed by atoms with Crippen molar-refractivity contribution < 1.29 is 0 Å². The van der Waals surface area contributed by atoms with Crippen LogP contribution < -0.4 is 0 Å². The van der Waals surface area contributed by atoms with E-state index in [1.165, 1.54) is 50.1 Å². The van der Waals surface area contributed by atoms with Crippen LogP contribution in [0.4, 0.5) is 0 Å². The predicted octanol–water partition coefficient (Wildman–Crippen LogP) is 12.2. The molecule has 5 aromatic carbocycles. The third-order valence-corrected chi connectivity index (χ3v) is 6.94. The van der Waals surface area contributed by atoms with Gasteiger partial charge in [0.1, 0.15) is 0 Å². The summed E-state index contributed by atoms with van der Waals surface area (Å²) >= 11 is 3.53. The lowest BCUT2D eigenvalue weighted by atomic mass is 9.76. The number of benzene rings is 5. The molecule has 0 aliphatic carbocycles. The van der Waals surface area contributed by atoms with Gasteiger partial charge in [-0.3, -0.25) is 0 Å². The molecule has 0 amide bonds. The molecule has 5 rings (SSSR count). The van der Waals surface area contributed by atoms with E-state index in [-0.39, 0.29) is 5.41 Å². The first-order valence-electron chi connectivity index (χ1n) is 14.9. The molecule has 0 saturated heterocycles. The molecule has 5 aromatic rings. The Labute approximate surface area is 263 Å². The highest BCUT2D eigenvalue weighted by molar-refractivity contribution is 7.79. The van der Waals surface area contributed by atoms with Gasteiger partial charge in [-0.15, -0.1) is 0 Å². The van der Waals surface area contributed by atoms with Crippen LogP contribution in [0.25, 0.3) is 11.1 Å². The molecule has 222 valence electrons. The van der Waals surface area contributed by atoms with Crippen LogP contribution in [0.5, 0.6) is 0 Å². The Balaban J connectivity index is 0.000000312. The molecule has 0 unspecified atom stereocenters. The average Bonchev–Trinajstić information content (AvgIpc) is 3.03. The normalized spacial score (nSPS) is 9.79. The first-order valence-corrected chi connectivity index (χ1v) is 15.8. The van der Waals surface area contributed by atoms with E-state index in [2.05, 4.69) is 182 Å². The number of aryl methyl sites for hydroxylation is 5. The zero-order valence-corrected chi connectivity index (χ0v) is 28.5. The monoisotopic (exact) mass is 576 g/mol. The van der Waals surface area contributed by atoms with Crippen molar-refractivity contribution in [2.24, 2.45) is 0 Å². The Hall–Kier alpha value is -3.55. The summed E-state index contributed by atoms with van der Waals surface area (Å²) in [5.74, 6) is 0. The van der Waals surface area contributed by atoms with Crippen molar-refractivity contribution in [2.45, 2.75) is 67.7 Å². The fraction of sp³-hybridized carbons (Fsp3) is 0.268. The summed E-state index contributed by atoms with van der Waals surface area (Å²) < 4.78 is 0. The Morgan fingerprint density at radius 2 is 0.786 bits per heavy atom. The molecule has 0 saturated carbocycles. The Morgan fingerprint density at radius 3 is 1.24 bits per heavy atom. The van der Waals surface area contributed by atoms with Crippen LogP contribution in [0, 0.1) is 34.6 Å².